The van der Waals surface area contributed by atoms with Crippen LogP contribution in [0.25, 0.3) is 0 Å². The summed E-state index contributed by atoms with van der Waals surface area (Å²) in [7, 11) is 3.49. The number of hydrogen-bond donors (Lipinski definition) is 3. The molecular weight excluding hydrogens is 166 g/mol. The molecule has 0 heterocycles. The summed E-state index contributed by atoms with van der Waals surface area (Å²) < 4.78 is 0. The van der Waals surface area contributed by atoms with E-state index in [1.165, 1.54) is 0 Å². The van der Waals surface area contributed by atoms with E-state index in [0.29, 0.717) is 0 Å². The van der Waals surface area contributed by atoms with Crippen molar-refractivity contribution >= 4 is 0 Å². The van der Waals surface area contributed by atoms with E-state index in [0.717, 1.165) is 5.56 Å². The van der Waals surface area contributed by atoms with Gasteiger partial charge >= 0.3 is 0 Å². The zero-order chi connectivity index (χ0) is 9.84. The van der Waals surface area contributed by atoms with Crippen LogP contribution in [0.5, 0.6) is 5.75 Å². The molecule has 0 aliphatic heterocycles. The molecular formula is C10H14NO2. The summed E-state index contributed by atoms with van der Waals surface area (Å²) in [6.07, 6.45) is -0.599. The number of aliphatic hydroxyl groups excluding tert-OH is 1. The van der Waals surface area contributed by atoms with Crippen molar-refractivity contribution in [3.05, 3.63) is 36.9 Å². The van der Waals surface area contributed by atoms with Crippen molar-refractivity contribution in [2.45, 2.75) is 19.1 Å². The summed E-state index contributed by atoms with van der Waals surface area (Å²) in [5.74, 6) is 0.200. The van der Waals surface area contributed by atoms with E-state index in [9.17, 15) is 5.11 Å². The van der Waals surface area contributed by atoms with Gasteiger partial charge in [-0.2, -0.15) is 0 Å². The Morgan fingerprint density at radius 3 is 2.31 bits per heavy atom. The molecule has 3 nitrogen and oxygen atoms in total. The Hall–Kier alpha value is -1.06. The Kier molecular flexibility index (Phi) is 3.28. The third kappa shape index (κ3) is 2.44. The normalized spacial score (nSPS) is 15.3. The molecule has 1 rings (SSSR count). The van der Waals surface area contributed by atoms with Crippen LogP contribution in [0.1, 0.15) is 18.6 Å². The van der Waals surface area contributed by atoms with Crippen molar-refractivity contribution in [3.63, 3.8) is 0 Å². The second-order valence-corrected chi connectivity index (χ2v) is 3.03. The summed E-state index contributed by atoms with van der Waals surface area (Å²) in [5, 5.41) is 21.4. The molecule has 13 heavy (non-hydrogen) atoms. The predicted molar refractivity (Wildman–Crippen MR) is 51.0 cm³/mol. The number of aliphatic hydroxyl groups is 1. The number of rotatable bonds is 3. The van der Waals surface area contributed by atoms with Crippen molar-refractivity contribution in [1.29, 1.82) is 0 Å². The molecule has 1 radical (unpaired) electrons. The monoisotopic (exact) mass is 180 g/mol. The van der Waals surface area contributed by atoms with Crippen LogP contribution in [-0.2, 0) is 0 Å². The number of benzene rings is 1. The van der Waals surface area contributed by atoms with E-state index in [-0.39, 0.29) is 11.8 Å². The summed E-state index contributed by atoms with van der Waals surface area (Å²) in [6.45, 7) is 1.84. The molecule has 0 saturated carbocycles. The number of phenolic OH excluding ortho intramolecular Hbond substituents is 1. The minimum Gasteiger partial charge on any atom is -0.508 e. The highest BCUT2D eigenvalue weighted by Gasteiger charge is 2.13. The number of phenols is 1. The van der Waals surface area contributed by atoms with E-state index in [1.807, 2.05) is 6.92 Å². The second kappa shape index (κ2) is 4.25. The Balaban J connectivity index is 2.77. The highest BCUT2D eigenvalue weighted by molar-refractivity contribution is 5.27. The van der Waals surface area contributed by atoms with Crippen LogP contribution in [0.2, 0.25) is 0 Å². The van der Waals surface area contributed by atoms with Crippen molar-refractivity contribution in [2.24, 2.45) is 0 Å². The van der Waals surface area contributed by atoms with Gasteiger partial charge in [-0.05, 0) is 24.6 Å². The first-order valence-electron chi connectivity index (χ1n) is 4.14. The summed E-state index contributed by atoms with van der Waals surface area (Å²) in [6, 6.07) is 6.37. The molecule has 2 unspecified atom stereocenters. The maximum absolute atomic E-state index is 9.70. The molecule has 0 spiro atoms. The Morgan fingerprint density at radius 1 is 1.31 bits per heavy atom. The zero-order valence-electron chi connectivity index (χ0n) is 7.57. The molecule has 3 heteroatoms. The van der Waals surface area contributed by atoms with E-state index in [1.54, 1.807) is 24.3 Å². The molecule has 0 fully saturated rings. The molecule has 1 aromatic rings. The summed E-state index contributed by atoms with van der Waals surface area (Å²) >= 11 is 0. The van der Waals surface area contributed by atoms with Crippen LogP contribution in [-0.4, -0.2) is 16.3 Å². The molecule has 0 amide bonds. The molecule has 0 aromatic heterocycles. The smallest absolute Gasteiger partial charge is 0.115 e. The maximum Gasteiger partial charge on any atom is 0.115 e. The first-order valence-corrected chi connectivity index (χ1v) is 4.14. The standard InChI is InChI=1S/C10H14NO2/c1-7(11-2)10(13)8-3-5-9(12)6-4-8/h3-7,10-13H,2H2,1H3. The minimum atomic E-state index is -0.599. The fraction of sp³-hybridized carbons (Fsp3) is 0.300. The zero-order valence-corrected chi connectivity index (χ0v) is 7.57. The van der Waals surface area contributed by atoms with Gasteiger partial charge in [-0.3, -0.25) is 0 Å². The van der Waals surface area contributed by atoms with Gasteiger partial charge in [-0.15, -0.1) is 0 Å². The van der Waals surface area contributed by atoms with Crippen LogP contribution in [0, 0.1) is 7.05 Å². The molecule has 3 N–H and O–H groups in total. The van der Waals surface area contributed by atoms with Gasteiger partial charge in [0.05, 0.1) is 6.10 Å². The quantitative estimate of drug-likeness (QED) is 0.655. The van der Waals surface area contributed by atoms with Crippen molar-refractivity contribution < 1.29 is 10.2 Å². The molecule has 2 atom stereocenters. The summed E-state index contributed by atoms with van der Waals surface area (Å²) in [5.41, 5.74) is 0.765. The molecule has 0 aliphatic carbocycles. The number of hydrogen-bond acceptors (Lipinski definition) is 3. The van der Waals surface area contributed by atoms with Crippen LogP contribution >= 0.6 is 0 Å². The van der Waals surface area contributed by atoms with Gasteiger partial charge in [-0.25, -0.2) is 0 Å². The van der Waals surface area contributed by atoms with Crippen LogP contribution in [0.4, 0.5) is 0 Å². The van der Waals surface area contributed by atoms with E-state index >= 15 is 0 Å². The second-order valence-electron chi connectivity index (χ2n) is 3.03. The van der Waals surface area contributed by atoms with Gasteiger partial charge in [0.25, 0.3) is 0 Å². The lowest BCUT2D eigenvalue weighted by molar-refractivity contribution is 0.142. The minimum absolute atomic E-state index is 0.107. The lowest BCUT2D eigenvalue weighted by Gasteiger charge is -2.18. The molecule has 0 aliphatic rings. The maximum atomic E-state index is 9.70. The van der Waals surface area contributed by atoms with E-state index < -0.39 is 6.10 Å². The van der Waals surface area contributed by atoms with Gasteiger partial charge in [-0.1, -0.05) is 12.1 Å². The highest BCUT2D eigenvalue weighted by Crippen LogP contribution is 2.19. The Bertz CT molecular complexity index is 258. The molecule has 0 bridgehead atoms. The Morgan fingerprint density at radius 2 is 1.85 bits per heavy atom. The largest absolute Gasteiger partial charge is 0.508 e. The van der Waals surface area contributed by atoms with Crippen LogP contribution in [0.15, 0.2) is 24.3 Å². The lowest BCUT2D eigenvalue weighted by Crippen LogP contribution is -2.27. The van der Waals surface area contributed by atoms with Crippen molar-refractivity contribution in [1.82, 2.24) is 5.32 Å². The molecule has 71 valence electrons. The van der Waals surface area contributed by atoms with E-state index in [2.05, 4.69) is 12.4 Å². The van der Waals surface area contributed by atoms with Gasteiger partial charge in [0, 0.05) is 13.1 Å². The topological polar surface area (TPSA) is 52.5 Å². The average Bonchev–Trinajstić information content (AvgIpc) is 2.17. The number of nitrogens with one attached hydrogen (secondary N) is 1. The van der Waals surface area contributed by atoms with Crippen LogP contribution in [0.3, 0.4) is 0 Å². The first-order chi connectivity index (χ1) is 6.15. The van der Waals surface area contributed by atoms with Crippen LogP contribution < -0.4 is 5.32 Å². The molecule has 0 saturated heterocycles. The Labute approximate surface area is 78.0 Å². The van der Waals surface area contributed by atoms with Gasteiger partial charge in [0.1, 0.15) is 5.75 Å². The number of aromatic hydroxyl groups is 1. The molecule has 1 aromatic carbocycles. The average molecular weight is 180 g/mol. The van der Waals surface area contributed by atoms with Gasteiger partial charge in [0.2, 0.25) is 0 Å². The van der Waals surface area contributed by atoms with Gasteiger partial charge in [0.15, 0.2) is 0 Å². The fourth-order valence-corrected chi connectivity index (χ4v) is 1.07. The first kappa shape index (κ1) is 10.0. The predicted octanol–water partition coefficient (Wildman–Crippen LogP) is 1.20. The SMILES string of the molecule is [CH2]NC(C)C(O)c1ccc(O)cc1. The highest BCUT2D eigenvalue weighted by atomic mass is 16.3. The van der Waals surface area contributed by atoms with Crippen molar-refractivity contribution in [3.8, 4) is 5.75 Å². The third-order valence-corrected chi connectivity index (χ3v) is 2.03. The van der Waals surface area contributed by atoms with E-state index in [4.69, 9.17) is 5.11 Å². The van der Waals surface area contributed by atoms with Crippen molar-refractivity contribution in [2.75, 3.05) is 0 Å². The lowest BCUT2D eigenvalue weighted by atomic mass is 10.0. The summed E-state index contributed by atoms with van der Waals surface area (Å²) in [4.78, 5) is 0. The third-order valence-electron chi connectivity index (χ3n) is 2.03. The fourth-order valence-electron chi connectivity index (χ4n) is 1.07. The van der Waals surface area contributed by atoms with Gasteiger partial charge < -0.3 is 15.5 Å².